The number of aryl methyl sites for hydroxylation is 1. The number of urea groups is 1. The van der Waals surface area contributed by atoms with Crippen molar-refractivity contribution in [1.29, 1.82) is 0 Å². The van der Waals surface area contributed by atoms with Gasteiger partial charge in [0, 0.05) is 5.69 Å². The molecule has 8 nitrogen and oxygen atoms in total. The second-order valence-electron chi connectivity index (χ2n) is 8.47. The van der Waals surface area contributed by atoms with Gasteiger partial charge in [-0.1, -0.05) is 48.0 Å². The summed E-state index contributed by atoms with van der Waals surface area (Å²) in [7, 11) is -3.24. The van der Waals surface area contributed by atoms with Crippen LogP contribution in [0.25, 0.3) is 0 Å². The standard InChI is InChI=1S/C23H25N3O5S/c1-16-8-10-17(11-9-16)23(2)21(28)25(22(29)24-23)14-20(27)26(18-6-4-3-5-7-18)19-12-13-32(30,31)15-19/h3-11,19H,12-15H2,1-2H3,(H,24,29)/t19-,23-/m0/s1. The molecule has 9 heteroatoms. The minimum atomic E-state index is -3.24. The topological polar surface area (TPSA) is 104 Å². The number of nitrogens with zero attached hydrogens (tertiary/aromatic N) is 2. The largest absolute Gasteiger partial charge is 0.325 e. The van der Waals surface area contributed by atoms with Crippen LogP contribution in [0.2, 0.25) is 0 Å². The molecule has 4 rings (SSSR count). The summed E-state index contributed by atoms with van der Waals surface area (Å²) in [5.41, 5.74) is 0.900. The molecule has 2 aliphatic rings. The second-order valence-corrected chi connectivity index (χ2v) is 10.7. The Morgan fingerprint density at radius 1 is 1.12 bits per heavy atom. The Balaban J connectivity index is 1.60. The monoisotopic (exact) mass is 455 g/mol. The zero-order valence-electron chi connectivity index (χ0n) is 17.9. The van der Waals surface area contributed by atoms with Crippen molar-refractivity contribution in [2.24, 2.45) is 0 Å². The van der Waals surface area contributed by atoms with Gasteiger partial charge in [-0.15, -0.1) is 0 Å². The van der Waals surface area contributed by atoms with E-state index in [1.165, 1.54) is 4.90 Å². The molecule has 2 atom stereocenters. The Morgan fingerprint density at radius 3 is 2.38 bits per heavy atom. The van der Waals surface area contributed by atoms with E-state index < -0.39 is 45.8 Å². The first-order valence-corrected chi connectivity index (χ1v) is 12.2. The SMILES string of the molecule is Cc1ccc([C@]2(C)NC(=O)N(CC(=O)N(c3ccccc3)[C@H]3CCS(=O)(=O)C3)C2=O)cc1. The molecule has 32 heavy (non-hydrogen) atoms. The van der Waals surface area contributed by atoms with E-state index in [1.54, 1.807) is 49.4 Å². The van der Waals surface area contributed by atoms with Crippen LogP contribution in [-0.2, 0) is 25.0 Å². The third kappa shape index (κ3) is 4.00. The van der Waals surface area contributed by atoms with Crippen LogP contribution in [0.4, 0.5) is 10.5 Å². The Kier molecular flexibility index (Phi) is 5.54. The molecule has 0 saturated carbocycles. The van der Waals surface area contributed by atoms with Crippen LogP contribution in [0.1, 0.15) is 24.5 Å². The lowest BCUT2D eigenvalue weighted by atomic mass is 9.91. The molecule has 2 aliphatic heterocycles. The fourth-order valence-electron chi connectivity index (χ4n) is 4.26. The van der Waals surface area contributed by atoms with Gasteiger partial charge in [0.2, 0.25) is 5.91 Å². The maximum absolute atomic E-state index is 13.3. The molecule has 2 heterocycles. The molecule has 2 aromatic carbocycles. The Hall–Kier alpha value is -3.20. The second kappa shape index (κ2) is 8.05. The summed E-state index contributed by atoms with van der Waals surface area (Å²) < 4.78 is 24.1. The quantitative estimate of drug-likeness (QED) is 0.695. The average Bonchev–Trinajstić information content (AvgIpc) is 3.21. The van der Waals surface area contributed by atoms with Crippen molar-refractivity contribution >= 4 is 33.4 Å². The van der Waals surface area contributed by atoms with Gasteiger partial charge in [0.15, 0.2) is 9.84 Å². The molecule has 1 N–H and O–H groups in total. The number of amides is 4. The van der Waals surface area contributed by atoms with Crippen molar-refractivity contribution in [3.8, 4) is 0 Å². The molecule has 0 aromatic heterocycles. The van der Waals surface area contributed by atoms with Gasteiger partial charge in [-0.3, -0.25) is 14.5 Å². The number of para-hydroxylation sites is 1. The lowest BCUT2D eigenvalue weighted by molar-refractivity contribution is -0.134. The van der Waals surface area contributed by atoms with Crippen LogP contribution in [0.3, 0.4) is 0 Å². The zero-order valence-corrected chi connectivity index (χ0v) is 18.8. The molecule has 0 radical (unpaired) electrons. The van der Waals surface area contributed by atoms with Gasteiger partial charge in [0.1, 0.15) is 12.1 Å². The molecule has 2 aromatic rings. The van der Waals surface area contributed by atoms with E-state index in [4.69, 9.17) is 0 Å². The van der Waals surface area contributed by atoms with Crippen molar-refractivity contribution in [3.63, 3.8) is 0 Å². The van der Waals surface area contributed by atoms with E-state index >= 15 is 0 Å². The lowest BCUT2D eigenvalue weighted by Gasteiger charge is -2.30. The summed E-state index contributed by atoms with van der Waals surface area (Å²) in [6.45, 7) is 3.06. The van der Waals surface area contributed by atoms with Crippen LogP contribution < -0.4 is 10.2 Å². The van der Waals surface area contributed by atoms with Crippen molar-refractivity contribution in [1.82, 2.24) is 10.2 Å². The normalized spacial score (nSPS) is 24.4. The number of rotatable bonds is 5. The van der Waals surface area contributed by atoms with Crippen molar-refractivity contribution in [3.05, 3.63) is 65.7 Å². The maximum Gasteiger partial charge on any atom is 0.325 e. The number of hydrogen-bond donors (Lipinski definition) is 1. The van der Waals surface area contributed by atoms with E-state index in [2.05, 4.69) is 5.32 Å². The van der Waals surface area contributed by atoms with Crippen molar-refractivity contribution < 1.29 is 22.8 Å². The highest BCUT2D eigenvalue weighted by atomic mass is 32.2. The summed E-state index contributed by atoms with van der Waals surface area (Å²) in [5, 5.41) is 2.70. The summed E-state index contributed by atoms with van der Waals surface area (Å²) in [6, 6.07) is 14.8. The molecule has 0 bridgehead atoms. The minimum Gasteiger partial charge on any atom is -0.319 e. The molecular formula is C23H25N3O5S. The first-order chi connectivity index (χ1) is 15.1. The molecule has 2 saturated heterocycles. The average molecular weight is 456 g/mol. The molecule has 0 aliphatic carbocycles. The number of carbonyl (C=O) groups is 3. The van der Waals surface area contributed by atoms with Gasteiger partial charge in [-0.2, -0.15) is 0 Å². The predicted molar refractivity (Wildman–Crippen MR) is 120 cm³/mol. The number of anilines is 1. The highest BCUT2D eigenvalue weighted by molar-refractivity contribution is 7.91. The molecule has 4 amide bonds. The smallest absolute Gasteiger partial charge is 0.319 e. The van der Waals surface area contributed by atoms with E-state index in [0.29, 0.717) is 17.7 Å². The zero-order chi connectivity index (χ0) is 23.1. The maximum atomic E-state index is 13.3. The third-order valence-corrected chi connectivity index (χ3v) is 7.82. The van der Waals surface area contributed by atoms with Gasteiger partial charge in [-0.25, -0.2) is 13.2 Å². The number of hydrogen-bond acceptors (Lipinski definition) is 5. The van der Waals surface area contributed by atoms with E-state index in [0.717, 1.165) is 10.5 Å². The number of carbonyl (C=O) groups excluding carboxylic acids is 3. The van der Waals surface area contributed by atoms with Gasteiger partial charge in [0.05, 0.1) is 17.5 Å². The lowest BCUT2D eigenvalue weighted by Crippen LogP contribution is -2.48. The highest BCUT2D eigenvalue weighted by Crippen LogP contribution is 2.30. The molecule has 168 valence electrons. The van der Waals surface area contributed by atoms with Crippen LogP contribution in [0.5, 0.6) is 0 Å². The fraction of sp³-hybridized carbons (Fsp3) is 0.348. The van der Waals surface area contributed by atoms with Crippen LogP contribution >= 0.6 is 0 Å². The summed E-state index contributed by atoms with van der Waals surface area (Å²) in [5.74, 6) is -1.17. The van der Waals surface area contributed by atoms with E-state index in [9.17, 15) is 22.8 Å². The van der Waals surface area contributed by atoms with Crippen LogP contribution in [-0.4, -0.2) is 55.3 Å². The third-order valence-electron chi connectivity index (χ3n) is 6.07. The first-order valence-electron chi connectivity index (χ1n) is 10.4. The number of nitrogens with one attached hydrogen (secondary N) is 1. The van der Waals surface area contributed by atoms with E-state index in [1.807, 2.05) is 19.1 Å². The van der Waals surface area contributed by atoms with Crippen molar-refractivity contribution in [2.75, 3.05) is 23.0 Å². The van der Waals surface area contributed by atoms with Gasteiger partial charge in [-0.05, 0) is 38.0 Å². The van der Waals surface area contributed by atoms with Crippen LogP contribution in [0, 0.1) is 6.92 Å². The summed E-state index contributed by atoms with van der Waals surface area (Å²) in [4.78, 5) is 41.6. The van der Waals surface area contributed by atoms with Gasteiger partial charge >= 0.3 is 6.03 Å². The van der Waals surface area contributed by atoms with Crippen LogP contribution in [0.15, 0.2) is 54.6 Å². The predicted octanol–water partition coefficient (Wildman–Crippen LogP) is 1.98. The van der Waals surface area contributed by atoms with Crippen molar-refractivity contribution in [2.45, 2.75) is 31.8 Å². The highest BCUT2D eigenvalue weighted by Gasteiger charge is 2.50. The van der Waals surface area contributed by atoms with Gasteiger partial charge < -0.3 is 10.2 Å². The molecule has 0 spiro atoms. The summed E-state index contributed by atoms with van der Waals surface area (Å²) >= 11 is 0. The number of sulfone groups is 1. The molecule has 0 unspecified atom stereocenters. The Labute approximate surface area is 187 Å². The molecule has 2 fully saturated rings. The van der Waals surface area contributed by atoms with E-state index in [-0.39, 0.29) is 11.5 Å². The fourth-order valence-corrected chi connectivity index (χ4v) is 5.96. The number of imide groups is 1. The summed E-state index contributed by atoms with van der Waals surface area (Å²) in [6.07, 6.45) is 0.310. The van der Waals surface area contributed by atoms with Gasteiger partial charge in [0.25, 0.3) is 5.91 Å². The molecular weight excluding hydrogens is 430 g/mol. The Bertz CT molecular complexity index is 1160. The first kappa shape index (κ1) is 22.0. The Morgan fingerprint density at radius 2 is 1.78 bits per heavy atom. The minimum absolute atomic E-state index is 0.00288. The number of benzene rings is 2.